The number of nitrogens with zero attached hydrogens (tertiary/aromatic N) is 1. The average Bonchev–Trinajstić information content (AvgIpc) is 2.90. The van der Waals surface area contributed by atoms with Crippen molar-refractivity contribution in [1.29, 1.82) is 0 Å². The van der Waals surface area contributed by atoms with Crippen LogP contribution in [0.25, 0.3) is 0 Å². The van der Waals surface area contributed by atoms with Crippen molar-refractivity contribution in [3.05, 3.63) is 71.8 Å². The topological polar surface area (TPSA) is 215 Å². The van der Waals surface area contributed by atoms with E-state index in [9.17, 15) is 24.3 Å². The molecule has 0 aliphatic rings. The normalized spacial score (nSPS) is 12.9. The third-order valence-corrected chi connectivity index (χ3v) is 5.60. The van der Waals surface area contributed by atoms with E-state index in [1.165, 1.54) is 0 Å². The number of guanidine groups is 1. The Labute approximate surface area is 221 Å². The summed E-state index contributed by atoms with van der Waals surface area (Å²) >= 11 is 0. The molecule has 10 N–H and O–H groups in total. The Morgan fingerprint density at radius 1 is 0.763 bits per heavy atom. The number of carboxylic acids is 1. The summed E-state index contributed by atoms with van der Waals surface area (Å²) in [6, 6.07) is 14.5. The van der Waals surface area contributed by atoms with E-state index in [4.69, 9.17) is 17.2 Å². The van der Waals surface area contributed by atoms with E-state index < -0.39 is 41.8 Å². The van der Waals surface area contributed by atoms with Gasteiger partial charge in [0.1, 0.15) is 18.1 Å². The molecule has 0 heterocycles. The van der Waals surface area contributed by atoms with Crippen molar-refractivity contribution >= 4 is 29.7 Å². The number of amides is 3. The van der Waals surface area contributed by atoms with Crippen LogP contribution in [0.3, 0.4) is 0 Å². The lowest BCUT2D eigenvalue weighted by Gasteiger charge is -2.24. The lowest BCUT2D eigenvalue weighted by atomic mass is 10.0. The number of nitrogens with one attached hydrogen (secondary N) is 3. The summed E-state index contributed by atoms with van der Waals surface area (Å²) in [5.74, 6) is -3.17. The first-order chi connectivity index (χ1) is 18.2. The monoisotopic (exact) mass is 525 g/mol. The van der Waals surface area contributed by atoms with E-state index in [0.717, 1.165) is 11.1 Å². The van der Waals surface area contributed by atoms with Crippen molar-refractivity contribution in [2.75, 3.05) is 13.1 Å². The predicted molar refractivity (Wildman–Crippen MR) is 143 cm³/mol. The van der Waals surface area contributed by atoms with Crippen LogP contribution in [0.4, 0.5) is 0 Å². The highest BCUT2D eigenvalue weighted by molar-refractivity contribution is 5.93. The summed E-state index contributed by atoms with van der Waals surface area (Å²) < 4.78 is 0. The summed E-state index contributed by atoms with van der Waals surface area (Å²) in [5.41, 5.74) is 17.6. The van der Waals surface area contributed by atoms with Gasteiger partial charge in [0.15, 0.2) is 5.96 Å². The van der Waals surface area contributed by atoms with Gasteiger partial charge in [-0.3, -0.25) is 19.4 Å². The molecule has 0 aromatic heterocycles. The summed E-state index contributed by atoms with van der Waals surface area (Å²) in [5, 5.41) is 17.4. The minimum absolute atomic E-state index is 0.0553. The van der Waals surface area contributed by atoms with Crippen LogP contribution in [0, 0.1) is 0 Å². The fraction of sp³-hybridized carbons (Fsp3) is 0.346. The molecule has 12 nitrogen and oxygen atoms in total. The van der Waals surface area contributed by atoms with Gasteiger partial charge >= 0.3 is 5.97 Å². The van der Waals surface area contributed by atoms with Crippen molar-refractivity contribution in [3.63, 3.8) is 0 Å². The van der Waals surface area contributed by atoms with Crippen molar-refractivity contribution in [2.24, 2.45) is 22.2 Å². The quantitative estimate of drug-likeness (QED) is 0.0869. The van der Waals surface area contributed by atoms with Gasteiger partial charge in [-0.2, -0.15) is 0 Å². The standard InChI is InChI=1S/C26H35N7O5/c27-16-22(34)31-20(14-17-8-3-1-4-9-17)24(36)32-19(12-7-13-30-26(28)29)23(35)33-21(25(37)38)15-18-10-5-2-6-11-18/h1-6,8-11,19-21H,7,12-16,27H2,(H,31,34)(H,32,36)(H,33,35)(H,37,38)(H4,28,29,30)/t19-,20-,21-/m0/s1. The van der Waals surface area contributed by atoms with Crippen LogP contribution in [0.5, 0.6) is 0 Å². The molecule has 0 saturated heterocycles. The molecule has 204 valence electrons. The zero-order valence-corrected chi connectivity index (χ0v) is 21.0. The second-order valence-corrected chi connectivity index (χ2v) is 8.61. The van der Waals surface area contributed by atoms with Crippen LogP contribution in [0.15, 0.2) is 65.7 Å². The summed E-state index contributed by atoms with van der Waals surface area (Å²) in [4.78, 5) is 54.2. The highest BCUT2D eigenvalue weighted by Crippen LogP contribution is 2.08. The highest BCUT2D eigenvalue weighted by Gasteiger charge is 2.29. The van der Waals surface area contributed by atoms with Crippen molar-refractivity contribution < 1.29 is 24.3 Å². The van der Waals surface area contributed by atoms with E-state index in [2.05, 4.69) is 20.9 Å². The van der Waals surface area contributed by atoms with Gasteiger partial charge < -0.3 is 38.3 Å². The third-order valence-electron chi connectivity index (χ3n) is 5.60. The molecule has 0 spiro atoms. The maximum Gasteiger partial charge on any atom is 0.326 e. The predicted octanol–water partition coefficient (Wildman–Crippen LogP) is -0.977. The fourth-order valence-electron chi connectivity index (χ4n) is 3.68. The molecule has 3 atom stereocenters. The van der Waals surface area contributed by atoms with E-state index in [-0.39, 0.29) is 38.3 Å². The molecule has 12 heteroatoms. The van der Waals surface area contributed by atoms with E-state index in [1.807, 2.05) is 6.07 Å². The molecule has 0 fully saturated rings. The Balaban J connectivity index is 2.20. The molecule has 0 unspecified atom stereocenters. The third kappa shape index (κ3) is 10.7. The molecule has 0 aliphatic carbocycles. The average molecular weight is 526 g/mol. The second-order valence-electron chi connectivity index (χ2n) is 8.61. The lowest BCUT2D eigenvalue weighted by molar-refractivity contribution is -0.142. The number of nitrogens with two attached hydrogens (primary N) is 3. The number of aliphatic carboxylic acids is 1. The minimum atomic E-state index is -1.22. The van der Waals surface area contributed by atoms with E-state index in [0.29, 0.717) is 6.42 Å². The summed E-state index contributed by atoms with van der Waals surface area (Å²) in [7, 11) is 0. The molecular weight excluding hydrogens is 490 g/mol. The number of carboxylic acid groups (broad SMARTS) is 1. The molecule has 2 rings (SSSR count). The van der Waals surface area contributed by atoms with E-state index >= 15 is 0 Å². The fourth-order valence-corrected chi connectivity index (χ4v) is 3.68. The lowest BCUT2D eigenvalue weighted by Crippen LogP contribution is -2.57. The van der Waals surface area contributed by atoms with Gasteiger partial charge in [-0.25, -0.2) is 4.79 Å². The Bertz CT molecular complexity index is 1090. The van der Waals surface area contributed by atoms with Gasteiger partial charge in [-0.05, 0) is 24.0 Å². The van der Waals surface area contributed by atoms with Crippen LogP contribution < -0.4 is 33.2 Å². The number of aliphatic imine (C=N–C) groups is 1. The van der Waals surface area contributed by atoms with Crippen molar-refractivity contribution in [1.82, 2.24) is 16.0 Å². The second kappa shape index (κ2) is 15.6. The number of benzene rings is 2. The molecule has 0 saturated carbocycles. The van der Waals surface area contributed by atoms with Crippen LogP contribution >= 0.6 is 0 Å². The maximum atomic E-state index is 13.2. The Hall–Kier alpha value is -4.45. The first kappa shape index (κ1) is 29.8. The van der Waals surface area contributed by atoms with Gasteiger partial charge in [0, 0.05) is 19.4 Å². The zero-order valence-electron chi connectivity index (χ0n) is 21.0. The molecule has 3 amide bonds. The minimum Gasteiger partial charge on any atom is -0.480 e. The van der Waals surface area contributed by atoms with Gasteiger partial charge in [-0.15, -0.1) is 0 Å². The molecule has 0 radical (unpaired) electrons. The van der Waals surface area contributed by atoms with Crippen molar-refractivity contribution in [3.8, 4) is 0 Å². The summed E-state index contributed by atoms with van der Waals surface area (Å²) in [6.07, 6.45) is 0.659. The number of hydrogen-bond donors (Lipinski definition) is 7. The van der Waals surface area contributed by atoms with Gasteiger partial charge in [0.05, 0.1) is 6.54 Å². The van der Waals surface area contributed by atoms with Crippen LogP contribution in [0.1, 0.15) is 24.0 Å². The van der Waals surface area contributed by atoms with Gasteiger partial charge in [0.2, 0.25) is 17.7 Å². The zero-order chi connectivity index (χ0) is 27.9. The largest absolute Gasteiger partial charge is 0.480 e. The van der Waals surface area contributed by atoms with E-state index in [1.54, 1.807) is 54.6 Å². The van der Waals surface area contributed by atoms with Crippen molar-refractivity contribution in [2.45, 2.75) is 43.8 Å². The molecule has 2 aromatic carbocycles. The van der Waals surface area contributed by atoms with Crippen LogP contribution in [0.2, 0.25) is 0 Å². The Morgan fingerprint density at radius 3 is 1.76 bits per heavy atom. The SMILES string of the molecule is NCC(=O)N[C@@H](Cc1ccccc1)C(=O)N[C@@H](CCCN=C(N)N)C(=O)N[C@@H](Cc1ccccc1)C(=O)O. The molecule has 0 bridgehead atoms. The molecular formula is C26H35N7O5. The smallest absolute Gasteiger partial charge is 0.326 e. The van der Waals surface area contributed by atoms with Crippen LogP contribution in [-0.4, -0.2) is 66.0 Å². The molecule has 38 heavy (non-hydrogen) atoms. The Kier molecular flexibility index (Phi) is 12.2. The number of carbonyl (C=O) groups excluding carboxylic acids is 3. The molecule has 2 aromatic rings. The number of carbonyl (C=O) groups is 4. The first-order valence-corrected chi connectivity index (χ1v) is 12.2. The van der Waals surface area contributed by atoms with Gasteiger partial charge in [-0.1, -0.05) is 60.7 Å². The number of hydrogen-bond acceptors (Lipinski definition) is 6. The maximum absolute atomic E-state index is 13.2. The van der Waals surface area contributed by atoms with Crippen LogP contribution in [-0.2, 0) is 32.0 Å². The Morgan fingerprint density at radius 2 is 1.26 bits per heavy atom. The summed E-state index contributed by atoms with van der Waals surface area (Å²) in [6.45, 7) is -0.119. The number of rotatable bonds is 15. The first-order valence-electron chi connectivity index (χ1n) is 12.2. The molecule has 0 aliphatic heterocycles. The highest BCUT2D eigenvalue weighted by atomic mass is 16.4. The van der Waals surface area contributed by atoms with Gasteiger partial charge in [0.25, 0.3) is 0 Å².